The number of aromatic nitrogens is 2. The molecule has 0 saturated heterocycles. The van der Waals surface area contributed by atoms with Gasteiger partial charge < -0.3 is 9.84 Å². The Kier molecular flexibility index (Phi) is 5.53. The summed E-state index contributed by atoms with van der Waals surface area (Å²) >= 11 is 0. The van der Waals surface area contributed by atoms with Gasteiger partial charge in [-0.1, -0.05) is 49.3 Å². The molecule has 0 saturated carbocycles. The quantitative estimate of drug-likeness (QED) is 0.797. The molecule has 0 atom stereocenters. The van der Waals surface area contributed by atoms with Crippen LogP contribution >= 0.6 is 0 Å². The van der Waals surface area contributed by atoms with Crippen LogP contribution in [0.4, 0.5) is 0 Å². The predicted molar refractivity (Wildman–Crippen MR) is 89.2 cm³/mol. The molecule has 0 fully saturated rings. The fourth-order valence-corrected chi connectivity index (χ4v) is 2.25. The average molecular weight is 315 g/mol. The number of aryl methyl sites for hydroxylation is 1. The molecule has 1 aromatic carbocycles. The summed E-state index contributed by atoms with van der Waals surface area (Å²) < 4.78 is 5.20. The van der Waals surface area contributed by atoms with E-state index in [2.05, 4.69) is 15.5 Å². The number of nitrogens with zero attached hydrogens (tertiary/aromatic N) is 2. The highest BCUT2D eigenvalue weighted by molar-refractivity contribution is 5.87. The monoisotopic (exact) mass is 315 g/mol. The normalized spacial score (nSPS) is 11.7. The molecular formula is C18H25N3O2. The molecule has 0 unspecified atom stereocenters. The van der Waals surface area contributed by atoms with Gasteiger partial charge in [-0.3, -0.25) is 4.79 Å². The van der Waals surface area contributed by atoms with Gasteiger partial charge in [0.25, 0.3) is 0 Å². The predicted octanol–water partition coefficient (Wildman–Crippen LogP) is 3.22. The Balaban J connectivity index is 1.80. The van der Waals surface area contributed by atoms with Crippen molar-refractivity contribution in [3.8, 4) is 0 Å². The van der Waals surface area contributed by atoms with Gasteiger partial charge in [0, 0.05) is 18.9 Å². The SMILES string of the molecule is CC(C)c1noc(CCCNC(=O)C(C)(C)c2ccccc2)n1. The summed E-state index contributed by atoms with van der Waals surface area (Å²) in [6, 6.07) is 9.81. The molecule has 124 valence electrons. The Morgan fingerprint density at radius 3 is 2.57 bits per heavy atom. The third-order valence-corrected chi connectivity index (χ3v) is 3.92. The summed E-state index contributed by atoms with van der Waals surface area (Å²) in [6.45, 7) is 8.52. The van der Waals surface area contributed by atoms with E-state index in [0.29, 0.717) is 18.9 Å². The van der Waals surface area contributed by atoms with Crippen molar-refractivity contribution in [1.82, 2.24) is 15.5 Å². The Morgan fingerprint density at radius 1 is 1.26 bits per heavy atom. The Hall–Kier alpha value is -2.17. The molecule has 1 N–H and O–H groups in total. The zero-order valence-corrected chi connectivity index (χ0v) is 14.3. The Bertz CT molecular complexity index is 633. The van der Waals surface area contributed by atoms with Gasteiger partial charge in [-0.05, 0) is 25.8 Å². The standard InChI is InChI=1S/C18H25N3O2/c1-13(2)16-20-15(23-21-16)11-8-12-19-17(22)18(3,4)14-9-6-5-7-10-14/h5-7,9-10,13H,8,11-12H2,1-4H3,(H,19,22). The summed E-state index contributed by atoms with van der Waals surface area (Å²) in [5.41, 5.74) is 0.465. The molecule has 0 spiro atoms. The summed E-state index contributed by atoms with van der Waals surface area (Å²) in [7, 11) is 0. The second-order valence-electron chi connectivity index (χ2n) is 6.55. The van der Waals surface area contributed by atoms with Crippen molar-refractivity contribution >= 4 is 5.91 Å². The molecule has 23 heavy (non-hydrogen) atoms. The fraction of sp³-hybridized carbons (Fsp3) is 0.500. The van der Waals surface area contributed by atoms with Crippen LogP contribution in [-0.2, 0) is 16.6 Å². The van der Waals surface area contributed by atoms with Crippen molar-refractivity contribution < 1.29 is 9.32 Å². The first-order valence-corrected chi connectivity index (χ1v) is 8.07. The smallest absolute Gasteiger partial charge is 0.230 e. The maximum atomic E-state index is 12.4. The van der Waals surface area contributed by atoms with E-state index in [9.17, 15) is 4.79 Å². The van der Waals surface area contributed by atoms with Crippen molar-refractivity contribution in [3.63, 3.8) is 0 Å². The van der Waals surface area contributed by atoms with Crippen molar-refractivity contribution in [2.24, 2.45) is 0 Å². The van der Waals surface area contributed by atoms with E-state index in [1.54, 1.807) is 0 Å². The number of benzene rings is 1. The van der Waals surface area contributed by atoms with Gasteiger partial charge in [-0.2, -0.15) is 4.98 Å². The molecule has 5 nitrogen and oxygen atoms in total. The fourth-order valence-electron chi connectivity index (χ4n) is 2.25. The highest BCUT2D eigenvalue weighted by atomic mass is 16.5. The minimum absolute atomic E-state index is 0.0251. The highest BCUT2D eigenvalue weighted by Crippen LogP contribution is 2.22. The maximum absolute atomic E-state index is 12.4. The van der Waals surface area contributed by atoms with Gasteiger partial charge in [0.05, 0.1) is 5.41 Å². The number of carbonyl (C=O) groups excluding carboxylic acids is 1. The van der Waals surface area contributed by atoms with Crippen LogP contribution in [0.3, 0.4) is 0 Å². The lowest BCUT2D eigenvalue weighted by atomic mass is 9.84. The van der Waals surface area contributed by atoms with E-state index in [1.165, 1.54) is 0 Å². The number of carbonyl (C=O) groups is 1. The zero-order chi connectivity index (χ0) is 16.9. The lowest BCUT2D eigenvalue weighted by Gasteiger charge is -2.24. The number of nitrogens with one attached hydrogen (secondary N) is 1. The van der Waals surface area contributed by atoms with Crippen molar-refractivity contribution in [1.29, 1.82) is 0 Å². The van der Waals surface area contributed by atoms with Gasteiger partial charge in [-0.15, -0.1) is 0 Å². The number of rotatable bonds is 7. The van der Waals surface area contributed by atoms with Gasteiger partial charge in [0.1, 0.15) is 0 Å². The minimum Gasteiger partial charge on any atom is -0.355 e. The second kappa shape index (κ2) is 7.40. The molecular weight excluding hydrogens is 290 g/mol. The summed E-state index contributed by atoms with van der Waals surface area (Å²) in [5.74, 6) is 1.65. The third kappa shape index (κ3) is 4.41. The lowest BCUT2D eigenvalue weighted by molar-refractivity contribution is -0.125. The minimum atomic E-state index is -0.545. The Morgan fingerprint density at radius 2 is 1.96 bits per heavy atom. The highest BCUT2D eigenvalue weighted by Gasteiger charge is 2.29. The molecule has 1 heterocycles. The summed E-state index contributed by atoms with van der Waals surface area (Å²) in [4.78, 5) is 16.7. The molecule has 1 aromatic heterocycles. The molecule has 0 radical (unpaired) electrons. The third-order valence-electron chi connectivity index (χ3n) is 3.92. The first-order chi connectivity index (χ1) is 10.9. The van der Waals surface area contributed by atoms with E-state index in [4.69, 9.17) is 4.52 Å². The largest absolute Gasteiger partial charge is 0.355 e. The number of hydrogen-bond donors (Lipinski definition) is 1. The van der Waals surface area contributed by atoms with E-state index in [-0.39, 0.29) is 11.8 Å². The van der Waals surface area contributed by atoms with Crippen molar-refractivity contribution in [2.45, 2.75) is 51.9 Å². The van der Waals surface area contributed by atoms with Gasteiger partial charge in [0.15, 0.2) is 5.82 Å². The van der Waals surface area contributed by atoms with E-state index < -0.39 is 5.41 Å². The van der Waals surface area contributed by atoms with Crippen LogP contribution in [0.1, 0.15) is 57.3 Å². The summed E-state index contributed by atoms with van der Waals surface area (Å²) in [6.07, 6.45) is 1.45. The van der Waals surface area contributed by atoms with Crippen LogP contribution in [0.2, 0.25) is 0 Å². The van der Waals surface area contributed by atoms with Crippen LogP contribution in [0.15, 0.2) is 34.9 Å². The van der Waals surface area contributed by atoms with Crippen LogP contribution in [0.5, 0.6) is 0 Å². The molecule has 2 rings (SSSR count). The number of hydrogen-bond acceptors (Lipinski definition) is 4. The topological polar surface area (TPSA) is 68.0 Å². The van der Waals surface area contributed by atoms with Gasteiger partial charge in [0.2, 0.25) is 11.8 Å². The van der Waals surface area contributed by atoms with Crippen LogP contribution in [0.25, 0.3) is 0 Å². The van der Waals surface area contributed by atoms with Crippen molar-refractivity contribution in [2.75, 3.05) is 6.54 Å². The van der Waals surface area contributed by atoms with Gasteiger partial charge in [-0.25, -0.2) is 0 Å². The maximum Gasteiger partial charge on any atom is 0.230 e. The molecule has 0 bridgehead atoms. The van der Waals surface area contributed by atoms with Crippen LogP contribution in [0, 0.1) is 0 Å². The average Bonchev–Trinajstić information content (AvgIpc) is 3.01. The molecule has 0 aliphatic carbocycles. The van der Waals surface area contributed by atoms with E-state index >= 15 is 0 Å². The van der Waals surface area contributed by atoms with Crippen LogP contribution < -0.4 is 5.32 Å². The molecule has 0 aliphatic heterocycles. The second-order valence-corrected chi connectivity index (χ2v) is 6.55. The van der Waals surface area contributed by atoms with Gasteiger partial charge >= 0.3 is 0 Å². The molecule has 5 heteroatoms. The first-order valence-electron chi connectivity index (χ1n) is 8.07. The number of amides is 1. The Labute approximate surface area is 137 Å². The molecule has 1 amide bonds. The molecule has 2 aromatic rings. The first kappa shape index (κ1) is 17.2. The summed E-state index contributed by atoms with van der Waals surface area (Å²) in [5, 5.41) is 6.93. The zero-order valence-electron chi connectivity index (χ0n) is 14.3. The van der Waals surface area contributed by atoms with Crippen LogP contribution in [-0.4, -0.2) is 22.6 Å². The van der Waals surface area contributed by atoms with Crippen molar-refractivity contribution in [3.05, 3.63) is 47.6 Å². The van der Waals surface area contributed by atoms with E-state index in [1.807, 2.05) is 58.0 Å². The van der Waals surface area contributed by atoms with E-state index in [0.717, 1.165) is 17.8 Å². The molecule has 0 aliphatic rings. The lowest BCUT2D eigenvalue weighted by Crippen LogP contribution is -2.40.